The van der Waals surface area contributed by atoms with Gasteiger partial charge in [-0.3, -0.25) is 0 Å². The van der Waals surface area contributed by atoms with Gasteiger partial charge in [0.15, 0.2) is 0 Å². The molecule has 0 bridgehead atoms. The van der Waals surface area contributed by atoms with Gasteiger partial charge in [-0.05, 0) is 24.5 Å². The van der Waals surface area contributed by atoms with E-state index in [1.54, 1.807) is 0 Å². The maximum atomic E-state index is 3.68. The highest BCUT2D eigenvalue weighted by Crippen LogP contribution is 2.12. The minimum Gasteiger partial charge on any atom is -0.103 e. The molecule has 12 heavy (non-hydrogen) atoms. The predicted octanol–water partition coefficient (Wildman–Crippen LogP) is 3.67. The molecule has 0 aliphatic carbocycles. The molecule has 0 atom stereocenters. The van der Waals surface area contributed by atoms with Crippen LogP contribution in [0.3, 0.4) is 0 Å². The summed E-state index contributed by atoms with van der Waals surface area (Å²) >= 11 is 0. The molecule has 0 aliphatic rings. The zero-order chi connectivity index (χ0) is 8.81. The lowest BCUT2D eigenvalue weighted by Crippen LogP contribution is -1.76. The van der Waals surface area contributed by atoms with Gasteiger partial charge in [-0.15, -0.1) is 6.58 Å². The van der Waals surface area contributed by atoms with Gasteiger partial charge in [-0.1, -0.05) is 42.5 Å². The highest BCUT2D eigenvalue weighted by molar-refractivity contribution is 5.63. The first-order valence-corrected chi connectivity index (χ1v) is 4.17. The van der Waals surface area contributed by atoms with Crippen molar-refractivity contribution < 1.29 is 0 Å². The molecule has 0 heterocycles. The Kier molecular flexibility index (Phi) is 3.34. The second kappa shape index (κ2) is 4.55. The quantitative estimate of drug-likeness (QED) is 0.589. The smallest absolute Gasteiger partial charge is 0.0166 e. The summed E-state index contributed by atoms with van der Waals surface area (Å²) in [5.74, 6) is 0. The van der Waals surface area contributed by atoms with Crippen LogP contribution in [-0.4, -0.2) is 0 Å². The molecule has 0 nitrogen and oxygen atoms in total. The molecule has 0 heteroatoms. The van der Waals surface area contributed by atoms with Crippen molar-refractivity contribution in [1.82, 2.24) is 0 Å². The first-order valence-electron chi connectivity index (χ1n) is 4.17. The summed E-state index contributed by atoms with van der Waals surface area (Å²) in [7, 11) is 0. The molecule has 0 aliphatic heterocycles. The standard InChI is InChI=1S/C12H14/c1-3-4-8-11(2)12-9-6-5-7-10-12/h3,5-10H,1,4H2,2H3/b11-8+. The molecule has 0 N–H and O–H groups in total. The molecule has 0 unspecified atom stereocenters. The van der Waals surface area contributed by atoms with Gasteiger partial charge >= 0.3 is 0 Å². The first kappa shape index (κ1) is 8.79. The summed E-state index contributed by atoms with van der Waals surface area (Å²) < 4.78 is 0. The predicted molar refractivity (Wildman–Crippen MR) is 54.9 cm³/mol. The maximum absolute atomic E-state index is 3.68. The van der Waals surface area contributed by atoms with Gasteiger partial charge < -0.3 is 0 Å². The van der Waals surface area contributed by atoms with Crippen molar-refractivity contribution in [2.45, 2.75) is 13.3 Å². The van der Waals surface area contributed by atoms with E-state index in [0.29, 0.717) is 0 Å². The molecule has 0 amide bonds. The number of hydrogen-bond donors (Lipinski definition) is 0. The molecule has 0 saturated carbocycles. The Balaban J connectivity index is 2.77. The van der Waals surface area contributed by atoms with Crippen LogP contribution >= 0.6 is 0 Å². The van der Waals surface area contributed by atoms with Gasteiger partial charge in [-0.25, -0.2) is 0 Å². The SMILES string of the molecule is C=CC/C=C(\C)c1ccccc1. The van der Waals surface area contributed by atoms with Crippen molar-refractivity contribution in [2.75, 3.05) is 0 Å². The monoisotopic (exact) mass is 158 g/mol. The van der Waals surface area contributed by atoms with Gasteiger partial charge in [0.2, 0.25) is 0 Å². The average Bonchev–Trinajstić information content (AvgIpc) is 2.15. The van der Waals surface area contributed by atoms with Gasteiger partial charge in [0.05, 0.1) is 0 Å². The third-order valence-electron chi connectivity index (χ3n) is 1.82. The number of benzene rings is 1. The van der Waals surface area contributed by atoms with E-state index in [1.807, 2.05) is 12.1 Å². The van der Waals surface area contributed by atoms with Crippen molar-refractivity contribution in [3.8, 4) is 0 Å². The lowest BCUT2D eigenvalue weighted by atomic mass is 10.1. The molecule has 0 spiro atoms. The van der Waals surface area contributed by atoms with Crippen LogP contribution in [0, 0.1) is 0 Å². The van der Waals surface area contributed by atoms with E-state index in [9.17, 15) is 0 Å². The van der Waals surface area contributed by atoms with Crippen LogP contribution in [0.5, 0.6) is 0 Å². The van der Waals surface area contributed by atoms with Gasteiger partial charge in [0, 0.05) is 0 Å². The number of rotatable bonds is 3. The molecule has 0 aromatic heterocycles. The molecular weight excluding hydrogens is 144 g/mol. The Morgan fingerprint density at radius 3 is 2.58 bits per heavy atom. The Morgan fingerprint density at radius 2 is 2.00 bits per heavy atom. The molecule has 1 rings (SSSR count). The zero-order valence-corrected chi connectivity index (χ0v) is 7.46. The maximum Gasteiger partial charge on any atom is -0.0166 e. The molecule has 1 aromatic carbocycles. The largest absolute Gasteiger partial charge is 0.103 e. The second-order valence-corrected chi connectivity index (χ2v) is 2.78. The third-order valence-corrected chi connectivity index (χ3v) is 1.82. The van der Waals surface area contributed by atoms with Gasteiger partial charge in [-0.2, -0.15) is 0 Å². The van der Waals surface area contributed by atoms with Crippen molar-refractivity contribution in [3.63, 3.8) is 0 Å². The summed E-state index contributed by atoms with van der Waals surface area (Å²) in [5, 5.41) is 0. The third kappa shape index (κ3) is 2.39. The van der Waals surface area contributed by atoms with E-state index in [0.717, 1.165) is 6.42 Å². The highest BCUT2D eigenvalue weighted by Gasteiger charge is 1.90. The van der Waals surface area contributed by atoms with E-state index in [4.69, 9.17) is 0 Å². The van der Waals surface area contributed by atoms with Crippen LogP contribution < -0.4 is 0 Å². The van der Waals surface area contributed by atoms with Crippen molar-refractivity contribution in [1.29, 1.82) is 0 Å². The minimum atomic E-state index is 0.945. The lowest BCUT2D eigenvalue weighted by molar-refractivity contribution is 1.39. The van der Waals surface area contributed by atoms with Crippen molar-refractivity contribution in [2.24, 2.45) is 0 Å². The molecular formula is C12H14. The molecule has 0 fully saturated rings. The number of allylic oxidation sites excluding steroid dienone is 3. The molecule has 0 saturated heterocycles. The first-order chi connectivity index (χ1) is 5.84. The average molecular weight is 158 g/mol. The van der Waals surface area contributed by atoms with Crippen LogP contribution in [0.25, 0.3) is 5.57 Å². The van der Waals surface area contributed by atoms with E-state index < -0.39 is 0 Å². The second-order valence-electron chi connectivity index (χ2n) is 2.78. The van der Waals surface area contributed by atoms with E-state index in [-0.39, 0.29) is 0 Å². The fraction of sp³-hybridized carbons (Fsp3) is 0.167. The van der Waals surface area contributed by atoms with Crippen LogP contribution in [0.15, 0.2) is 49.1 Å². The molecule has 0 radical (unpaired) electrons. The van der Waals surface area contributed by atoms with E-state index in [1.165, 1.54) is 11.1 Å². The highest BCUT2D eigenvalue weighted by atomic mass is 14.0. The van der Waals surface area contributed by atoms with Crippen molar-refractivity contribution in [3.05, 3.63) is 54.6 Å². The minimum absolute atomic E-state index is 0.945. The fourth-order valence-electron chi connectivity index (χ4n) is 1.08. The van der Waals surface area contributed by atoms with Crippen molar-refractivity contribution >= 4 is 5.57 Å². The normalized spacial score (nSPS) is 11.2. The summed E-state index contributed by atoms with van der Waals surface area (Å²) in [6.07, 6.45) is 5.04. The Labute approximate surface area is 74.2 Å². The Hall–Kier alpha value is -1.30. The summed E-state index contributed by atoms with van der Waals surface area (Å²) in [4.78, 5) is 0. The van der Waals surface area contributed by atoms with E-state index in [2.05, 4.69) is 43.8 Å². The van der Waals surface area contributed by atoms with Crippen LogP contribution in [0.2, 0.25) is 0 Å². The van der Waals surface area contributed by atoms with Crippen LogP contribution in [0.1, 0.15) is 18.9 Å². The lowest BCUT2D eigenvalue weighted by Gasteiger charge is -1.98. The zero-order valence-electron chi connectivity index (χ0n) is 7.46. The number of hydrogen-bond acceptors (Lipinski definition) is 0. The summed E-state index contributed by atoms with van der Waals surface area (Å²) in [6, 6.07) is 10.4. The summed E-state index contributed by atoms with van der Waals surface area (Å²) in [5.41, 5.74) is 2.61. The van der Waals surface area contributed by atoms with Gasteiger partial charge in [0.25, 0.3) is 0 Å². The summed E-state index contributed by atoms with van der Waals surface area (Å²) in [6.45, 7) is 5.81. The van der Waals surface area contributed by atoms with Crippen LogP contribution in [-0.2, 0) is 0 Å². The Bertz CT molecular complexity index is 267. The fourth-order valence-corrected chi connectivity index (χ4v) is 1.08. The van der Waals surface area contributed by atoms with Gasteiger partial charge in [0.1, 0.15) is 0 Å². The van der Waals surface area contributed by atoms with Crippen LogP contribution in [0.4, 0.5) is 0 Å². The molecule has 1 aromatic rings. The molecule has 62 valence electrons. The van der Waals surface area contributed by atoms with E-state index >= 15 is 0 Å². The Morgan fingerprint density at radius 1 is 1.33 bits per heavy atom. The topological polar surface area (TPSA) is 0 Å².